The summed E-state index contributed by atoms with van der Waals surface area (Å²) in [4.78, 5) is 24.3. The molecule has 0 unspecified atom stereocenters. The lowest BCUT2D eigenvalue weighted by atomic mass is 10.1. The van der Waals surface area contributed by atoms with Crippen LogP contribution in [-0.2, 0) is 22.2 Å². The van der Waals surface area contributed by atoms with E-state index in [0.717, 1.165) is 0 Å². The van der Waals surface area contributed by atoms with Crippen molar-refractivity contribution in [2.24, 2.45) is 0 Å². The van der Waals surface area contributed by atoms with Crippen molar-refractivity contribution >= 4 is 23.2 Å². The minimum Gasteiger partial charge on any atom is -0.361 e. The van der Waals surface area contributed by atoms with Crippen LogP contribution in [0.5, 0.6) is 0 Å². The Kier molecular flexibility index (Phi) is 5.73. The Labute approximate surface area is 164 Å². The molecule has 10 nitrogen and oxygen atoms in total. The third-order valence-electron chi connectivity index (χ3n) is 3.58. The quantitative estimate of drug-likeness (QED) is 0.617. The average Bonchev–Trinajstić information content (AvgIpc) is 3.10. The molecule has 0 saturated carbocycles. The molecule has 0 aliphatic rings. The number of ether oxygens (including phenoxy) is 1. The number of nitrogens with zero attached hydrogens (tertiary/aromatic N) is 6. The summed E-state index contributed by atoms with van der Waals surface area (Å²) in [5.74, 6) is -3.71. The van der Waals surface area contributed by atoms with E-state index in [-0.39, 0.29) is 24.3 Å². The third kappa shape index (κ3) is 5.04. The minimum atomic E-state index is -3.19. The molecule has 3 rings (SSSR count). The Balaban J connectivity index is 2.01. The van der Waals surface area contributed by atoms with Gasteiger partial charge < -0.3 is 15.4 Å². The number of anilines is 3. The van der Waals surface area contributed by atoms with Crippen molar-refractivity contribution in [1.29, 1.82) is 0 Å². The fourth-order valence-corrected chi connectivity index (χ4v) is 2.39. The van der Waals surface area contributed by atoms with E-state index in [2.05, 4.69) is 35.8 Å². The normalized spacial score (nSPS) is 11.3. The second-order valence-electron chi connectivity index (χ2n) is 6.10. The number of aromatic nitrogens is 6. The maximum atomic E-state index is 13.6. The number of methoxy groups -OCH3 is 1. The summed E-state index contributed by atoms with van der Waals surface area (Å²) >= 11 is 0. The molecule has 12 heteroatoms. The summed E-state index contributed by atoms with van der Waals surface area (Å²) in [5.41, 5.74) is 1.41. The van der Waals surface area contributed by atoms with E-state index in [1.54, 1.807) is 0 Å². The molecule has 2 N–H and O–H groups in total. The molecule has 0 saturated heterocycles. The summed E-state index contributed by atoms with van der Waals surface area (Å²) in [6, 6.07) is 2.98. The Morgan fingerprint density at radius 1 is 1.28 bits per heavy atom. The van der Waals surface area contributed by atoms with Crippen LogP contribution in [-0.4, -0.2) is 43.0 Å². The first-order valence-electron chi connectivity index (χ1n) is 8.41. The van der Waals surface area contributed by atoms with Crippen molar-refractivity contribution in [3.63, 3.8) is 0 Å². The number of nitrogens with one attached hydrogen (secondary N) is 2. The molecule has 29 heavy (non-hydrogen) atoms. The second-order valence-corrected chi connectivity index (χ2v) is 6.10. The van der Waals surface area contributed by atoms with Crippen molar-refractivity contribution in [2.75, 3.05) is 17.7 Å². The van der Waals surface area contributed by atoms with Crippen LogP contribution in [0.4, 0.5) is 26.1 Å². The van der Waals surface area contributed by atoms with Gasteiger partial charge in [0, 0.05) is 45.0 Å². The van der Waals surface area contributed by atoms with Gasteiger partial charge in [-0.1, -0.05) is 0 Å². The molecule has 0 aliphatic heterocycles. The van der Waals surface area contributed by atoms with Crippen LogP contribution in [0.1, 0.15) is 19.7 Å². The Hall–Kier alpha value is -3.54. The number of pyridine rings is 1. The van der Waals surface area contributed by atoms with Gasteiger partial charge in [-0.05, 0) is 6.07 Å². The molecule has 0 aromatic carbocycles. The van der Waals surface area contributed by atoms with Crippen molar-refractivity contribution in [3.8, 4) is 11.3 Å². The largest absolute Gasteiger partial charge is 0.361 e. The standard InChI is InChI=1S/C17H18F2N8O2/c1-10(28)23-15-6-12(24-14-4-5-20-16(25-14)17(2,18)19)11(7-21-15)13-8-22-27(26-13)9-29-3/h4-8H,9H2,1-3H3,(H2,20,21,23,24,25,28). The van der Waals surface area contributed by atoms with Gasteiger partial charge in [0.15, 0.2) is 6.73 Å². The summed E-state index contributed by atoms with van der Waals surface area (Å²) < 4.78 is 32.1. The Morgan fingerprint density at radius 3 is 2.76 bits per heavy atom. The number of rotatable bonds is 7. The highest BCUT2D eigenvalue weighted by atomic mass is 19.3. The maximum absolute atomic E-state index is 13.6. The lowest BCUT2D eigenvalue weighted by Crippen LogP contribution is -2.13. The number of carbonyl (C=O) groups is 1. The molecular formula is C17H18F2N8O2. The predicted octanol–water partition coefficient (Wildman–Crippen LogP) is 2.55. The Morgan fingerprint density at radius 2 is 2.07 bits per heavy atom. The number of hydrogen-bond donors (Lipinski definition) is 2. The fourth-order valence-electron chi connectivity index (χ4n) is 2.39. The third-order valence-corrected chi connectivity index (χ3v) is 3.58. The first kappa shape index (κ1) is 20.2. The summed E-state index contributed by atoms with van der Waals surface area (Å²) in [6.07, 6.45) is 4.21. The molecular weight excluding hydrogens is 386 g/mol. The molecule has 3 aromatic rings. The molecule has 1 amide bonds. The van der Waals surface area contributed by atoms with Crippen molar-refractivity contribution in [1.82, 2.24) is 29.9 Å². The molecule has 0 fully saturated rings. The fraction of sp³-hybridized carbons (Fsp3) is 0.294. The van der Waals surface area contributed by atoms with Crippen molar-refractivity contribution in [2.45, 2.75) is 26.5 Å². The number of alkyl halides is 2. The number of carbonyl (C=O) groups excluding carboxylic acids is 1. The van der Waals surface area contributed by atoms with Crippen LogP contribution in [0, 0.1) is 0 Å². The number of hydrogen-bond acceptors (Lipinski definition) is 8. The molecule has 0 radical (unpaired) electrons. The van der Waals surface area contributed by atoms with Gasteiger partial charge in [0.05, 0.1) is 11.9 Å². The van der Waals surface area contributed by atoms with Gasteiger partial charge in [-0.3, -0.25) is 4.79 Å². The van der Waals surface area contributed by atoms with Gasteiger partial charge in [-0.15, -0.1) is 0 Å². The van der Waals surface area contributed by atoms with Gasteiger partial charge in [0.1, 0.15) is 17.3 Å². The van der Waals surface area contributed by atoms with Crippen LogP contribution in [0.3, 0.4) is 0 Å². The van der Waals surface area contributed by atoms with E-state index < -0.39 is 11.7 Å². The average molecular weight is 404 g/mol. The predicted molar refractivity (Wildman–Crippen MR) is 99.4 cm³/mol. The van der Waals surface area contributed by atoms with Gasteiger partial charge in [-0.2, -0.15) is 23.8 Å². The van der Waals surface area contributed by atoms with E-state index in [0.29, 0.717) is 23.9 Å². The van der Waals surface area contributed by atoms with Gasteiger partial charge in [0.2, 0.25) is 11.7 Å². The van der Waals surface area contributed by atoms with Gasteiger partial charge in [-0.25, -0.2) is 15.0 Å². The second kappa shape index (κ2) is 8.22. The SMILES string of the molecule is COCn1ncc(-c2cnc(NC(C)=O)cc2Nc2ccnc(C(C)(F)F)n2)n1. The minimum absolute atomic E-state index is 0.141. The van der Waals surface area contributed by atoms with Crippen LogP contribution >= 0.6 is 0 Å². The molecule has 0 aliphatic carbocycles. The van der Waals surface area contributed by atoms with Crippen LogP contribution in [0.2, 0.25) is 0 Å². The van der Waals surface area contributed by atoms with Crippen molar-refractivity contribution < 1.29 is 18.3 Å². The first-order valence-corrected chi connectivity index (χ1v) is 8.41. The summed E-state index contributed by atoms with van der Waals surface area (Å²) in [5, 5.41) is 13.9. The number of halogens is 2. The van der Waals surface area contributed by atoms with E-state index >= 15 is 0 Å². The van der Waals surface area contributed by atoms with Crippen molar-refractivity contribution in [3.05, 3.63) is 36.5 Å². The lowest BCUT2D eigenvalue weighted by molar-refractivity contribution is -0.114. The van der Waals surface area contributed by atoms with Crippen LogP contribution in [0.15, 0.2) is 30.7 Å². The van der Waals surface area contributed by atoms with Crippen LogP contribution < -0.4 is 10.6 Å². The van der Waals surface area contributed by atoms with E-state index in [1.165, 1.54) is 49.6 Å². The van der Waals surface area contributed by atoms with Crippen LogP contribution in [0.25, 0.3) is 11.3 Å². The summed E-state index contributed by atoms with van der Waals surface area (Å²) in [7, 11) is 1.51. The van der Waals surface area contributed by atoms with E-state index in [4.69, 9.17) is 4.74 Å². The smallest absolute Gasteiger partial charge is 0.303 e. The number of amides is 1. The highest BCUT2D eigenvalue weighted by Crippen LogP contribution is 2.31. The topological polar surface area (TPSA) is 120 Å². The monoisotopic (exact) mass is 404 g/mol. The van der Waals surface area contributed by atoms with Gasteiger partial charge in [0.25, 0.3) is 0 Å². The molecule has 3 aromatic heterocycles. The first-order chi connectivity index (χ1) is 13.8. The molecule has 3 heterocycles. The zero-order valence-electron chi connectivity index (χ0n) is 15.8. The zero-order chi connectivity index (χ0) is 21.0. The lowest BCUT2D eigenvalue weighted by Gasteiger charge is -2.14. The van der Waals surface area contributed by atoms with E-state index in [1.807, 2.05) is 0 Å². The maximum Gasteiger partial charge on any atom is 0.303 e. The highest BCUT2D eigenvalue weighted by molar-refractivity contribution is 5.89. The Bertz CT molecular complexity index is 1020. The molecule has 0 spiro atoms. The molecule has 152 valence electrons. The highest BCUT2D eigenvalue weighted by Gasteiger charge is 2.28. The van der Waals surface area contributed by atoms with E-state index in [9.17, 15) is 13.6 Å². The zero-order valence-corrected chi connectivity index (χ0v) is 15.8. The molecule has 0 atom stereocenters. The van der Waals surface area contributed by atoms with Gasteiger partial charge >= 0.3 is 5.92 Å². The summed E-state index contributed by atoms with van der Waals surface area (Å²) in [6.45, 7) is 2.22. The molecule has 0 bridgehead atoms.